The summed E-state index contributed by atoms with van der Waals surface area (Å²) in [7, 11) is 0. The van der Waals surface area contributed by atoms with Crippen molar-refractivity contribution in [3.8, 4) is 0 Å². The van der Waals surface area contributed by atoms with E-state index >= 15 is 0 Å². The van der Waals surface area contributed by atoms with Gasteiger partial charge in [-0.3, -0.25) is 0 Å². The molecule has 2 rings (SSSR count). The Balaban J connectivity index is 1.99. The molecule has 1 saturated heterocycles. The first-order valence-corrected chi connectivity index (χ1v) is 7.17. The first-order chi connectivity index (χ1) is 9.50. The monoisotopic (exact) mass is 277 g/mol. The molecule has 0 radical (unpaired) electrons. The average Bonchev–Trinajstić information content (AvgIpc) is 2.48. The van der Waals surface area contributed by atoms with Gasteiger partial charge in [0.15, 0.2) is 6.10 Å². The number of aliphatic hydroxyl groups excluding tert-OH is 1. The maximum absolute atomic E-state index is 12.1. The molecule has 20 heavy (non-hydrogen) atoms. The predicted octanol–water partition coefficient (Wildman–Crippen LogP) is 2.04. The number of hydrogen-bond donors (Lipinski definition) is 2. The van der Waals surface area contributed by atoms with Crippen molar-refractivity contribution in [1.82, 2.24) is 5.32 Å². The normalized spacial score (nSPS) is 18.6. The van der Waals surface area contributed by atoms with E-state index in [9.17, 15) is 9.90 Å². The van der Waals surface area contributed by atoms with Gasteiger partial charge in [0.1, 0.15) is 5.60 Å². The van der Waals surface area contributed by atoms with Crippen LogP contribution in [-0.2, 0) is 9.53 Å². The molecule has 4 nitrogen and oxygen atoms in total. The van der Waals surface area contributed by atoms with Crippen LogP contribution in [0, 0.1) is 5.92 Å². The molecule has 110 valence electrons. The summed E-state index contributed by atoms with van der Waals surface area (Å²) in [6.45, 7) is 5.76. The topological polar surface area (TPSA) is 58.6 Å². The first-order valence-electron chi connectivity index (χ1n) is 7.17. The first kappa shape index (κ1) is 15.0. The molecule has 1 aromatic rings. The molecule has 4 heteroatoms. The van der Waals surface area contributed by atoms with Crippen LogP contribution in [0.2, 0.25) is 0 Å². The average molecular weight is 277 g/mol. The number of piperidine rings is 1. The molecule has 0 aromatic heterocycles. The molecule has 1 aliphatic heterocycles. The number of esters is 1. The number of hydrogen-bond acceptors (Lipinski definition) is 4. The van der Waals surface area contributed by atoms with Crippen LogP contribution in [0.25, 0.3) is 0 Å². The molecule has 2 N–H and O–H groups in total. The van der Waals surface area contributed by atoms with Gasteiger partial charge in [0, 0.05) is 5.92 Å². The summed E-state index contributed by atoms with van der Waals surface area (Å²) in [5.41, 5.74) is 0.0215. The summed E-state index contributed by atoms with van der Waals surface area (Å²) < 4.78 is 5.58. The van der Waals surface area contributed by atoms with E-state index in [1.54, 1.807) is 24.3 Å². The Morgan fingerprint density at radius 3 is 2.50 bits per heavy atom. The van der Waals surface area contributed by atoms with Gasteiger partial charge >= 0.3 is 5.97 Å². The minimum absolute atomic E-state index is 0.329. The number of carbonyl (C=O) groups excluding carboxylic acids is 1. The van der Waals surface area contributed by atoms with Gasteiger partial charge in [-0.1, -0.05) is 30.3 Å². The van der Waals surface area contributed by atoms with Crippen molar-refractivity contribution in [2.75, 3.05) is 13.1 Å². The van der Waals surface area contributed by atoms with E-state index in [4.69, 9.17) is 4.74 Å². The Bertz CT molecular complexity index is 438. The molecule has 0 aliphatic carbocycles. The molecule has 0 saturated carbocycles. The zero-order chi connectivity index (χ0) is 14.6. The van der Waals surface area contributed by atoms with Crippen molar-refractivity contribution in [3.63, 3.8) is 0 Å². The zero-order valence-corrected chi connectivity index (χ0v) is 12.1. The fourth-order valence-electron chi connectivity index (χ4n) is 2.69. The van der Waals surface area contributed by atoms with Gasteiger partial charge in [-0.05, 0) is 45.3 Å². The van der Waals surface area contributed by atoms with Gasteiger partial charge in [-0.25, -0.2) is 4.79 Å². The molecular formula is C16H23NO3. The highest BCUT2D eigenvalue weighted by Crippen LogP contribution is 2.30. The summed E-state index contributed by atoms with van der Waals surface area (Å²) in [5.74, 6) is -0.240. The number of benzene rings is 1. The zero-order valence-electron chi connectivity index (χ0n) is 12.1. The Hall–Kier alpha value is -1.39. The molecule has 1 unspecified atom stereocenters. The highest BCUT2D eigenvalue weighted by Gasteiger charge is 2.35. The summed E-state index contributed by atoms with van der Waals surface area (Å²) in [6.07, 6.45) is 0.765. The van der Waals surface area contributed by atoms with Gasteiger partial charge in [0.25, 0.3) is 0 Å². The third kappa shape index (κ3) is 3.58. The Labute approximate surface area is 120 Å². The summed E-state index contributed by atoms with van der Waals surface area (Å²) in [4.78, 5) is 12.1. The van der Waals surface area contributed by atoms with E-state index in [1.165, 1.54) is 0 Å². The molecule has 0 amide bonds. The van der Waals surface area contributed by atoms with E-state index in [0.717, 1.165) is 25.9 Å². The Morgan fingerprint density at radius 1 is 1.30 bits per heavy atom. The Kier molecular flexibility index (Phi) is 4.78. The fraction of sp³-hybridized carbons (Fsp3) is 0.562. The largest absolute Gasteiger partial charge is 0.457 e. The maximum Gasteiger partial charge on any atom is 0.340 e. The maximum atomic E-state index is 12.1. The van der Waals surface area contributed by atoms with Crippen molar-refractivity contribution in [2.45, 2.75) is 38.4 Å². The van der Waals surface area contributed by atoms with Crippen LogP contribution in [0.15, 0.2) is 30.3 Å². The second kappa shape index (κ2) is 6.37. The van der Waals surface area contributed by atoms with E-state index < -0.39 is 17.7 Å². The van der Waals surface area contributed by atoms with E-state index in [0.29, 0.717) is 11.5 Å². The van der Waals surface area contributed by atoms with Crippen LogP contribution in [0.4, 0.5) is 0 Å². The quantitative estimate of drug-likeness (QED) is 0.827. The van der Waals surface area contributed by atoms with Crippen LogP contribution < -0.4 is 5.32 Å². The van der Waals surface area contributed by atoms with Gasteiger partial charge in [-0.2, -0.15) is 0 Å². The predicted molar refractivity (Wildman–Crippen MR) is 77.2 cm³/mol. The molecular weight excluding hydrogens is 254 g/mol. The second-order valence-electron chi connectivity index (χ2n) is 5.86. The van der Waals surface area contributed by atoms with Crippen LogP contribution in [0.1, 0.15) is 38.4 Å². The van der Waals surface area contributed by atoms with Crippen molar-refractivity contribution in [1.29, 1.82) is 0 Å². The molecule has 1 aliphatic rings. The van der Waals surface area contributed by atoms with Crippen LogP contribution >= 0.6 is 0 Å². The van der Waals surface area contributed by atoms with Gasteiger partial charge in [0.05, 0.1) is 0 Å². The van der Waals surface area contributed by atoms with E-state index in [-0.39, 0.29) is 0 Å². The van der Waals surface area contributed by atoms with Crippen LogP contribution in [0.5, 0.6) is 0 Å². The lowest BCUT2D eigenvalue weighted by Gasteiger charge is -2.37. The lowest BCUT2D eigenvalue weighted by atomic mass is 9.83. The number of ether oxygens (including phenoxy) is 1. The summed E-state index contributed by atoms with van der Waals surface area (Å²) >= 11 is 0. The summed E-state index contributed by atoms with van der Waals surface area (Å²) in [5, 5.41) is 13.4. The SMILES string of the molecule is CC(C)(OC(=O)C(O)c1ccccc1)C1CCNCC1. The van der Waals surface area contributed by atoms with Gasteiger partial charge < -0.3 is 15.2 Å². The number of rotatable bonds is 4. The summed E-state index contributed by atoms with van der Waals surface area (Å²) in [6, 6.07) is 8.89. The molecule has 0 spiro atoms. The van der Waals surface area contributed by atoms with E-state index in [2.05, 4.69) is 5.32 Å². The molecule has 1 heterocycles. The fourth-order valence-corrected chi connectivity index (χ4v) is 2.69. The molecule has 1 fully saturated rings. The highest BCUT2D eigenvalue weighted by atomic mass is 16.6. The highest BCUT2D eigenvalue weighted by molar-refractivity contribution is 5.76. The van der Waals surface area contributed by atoms with Crippen LogP contribution in [0.3, 0.4) is 0 Å². The molecule has 0 bridgehead atoms. The minimum Gasteiger partial charge on any atom is -0.457 e. The van der Waals surface area contributed by atoms with Gasteiger partial charge in [-0.15, -0.1) is 0 Å². The number of aliphatic hydroxyl groups is 1. The third-order valence-electron chi connectivity index (χ3n) is 4.02. The minimum atomic E-state index is -1.21. The molecule has 1 aromatic carbocycles. The second-order valence-corrected chi connectivity index (χ2v) is 5.86. The van der Waals surface area contributed by atoms with Crippen molar-refractivity contribution in [2.24, 2.45) is 5.92 Å². The third-order valence-corrected chi connectivity index (χ3v) is 4.02. The smallest absolute Gasteiger partial charge is 0.340 e. The Morgan fingerprint density at radius 2 is 1.90 bits per heavy atom. The van der Waals surface area contributed by atoms with Crippen molar-refractivity contribution in [3.05, 3.63) is 35.9 Å². The van der Waals surface area contributed by atoms with Crippen molar-refractivity contribution >= 4 is 5.97 Å². The molecule has 1 atom stereocenters. The van der Waals surface area contributed by atoms with E-state index in [1.807, 2.05) is 19.9 Å². The lowest BCUT2D eigenvalue weighted by molar-refractivity contribution is -0.173. The number of carbonyl (C=O) groups is 1. The number of nitrogens with one attached hydrogen (secondary N) is 1. The van der Waals surface area contributed by atoms with Gasteiger partial charge in [0.2, 0.25) is 0 Å². The standard InChI is InChI=1S/C16H23NO3/c1-16(2,13-8-10-17-11-9-13)20-15(19)14(18)12-6-4-3-5-7-12/h3-7,13-14,17-18H,8-11H2,1-2H3. The lowest BCUT2D eigenvalue weighted by Crippen LogP contribution is -2.43. The van der Waals surface area contributed by atoms with Crippen LogP contribution in [-0.4, -0.2) is 29.8 Å². The van der Waals surface area contributed by atoms with Crippen molar-refractivity contribution < 1.29 is 14.6 Å².